The Morgan fingerprint density at radius 3 is 2.71 bits per heavy atom. The predicted octanol–water partition coefficient (Wildman–Crippen LogP) is 1.04. The Kier molecular flexibility index (Phi) is 6.41. The third-order valence-electron chi connectivity index (χ3n) is 4.67. The van der Waals surface area contributed by atoms with Crippen LogP contribution >= 0.6 is 0 Å². The molecule has 28 heavy (non-hydrogen) atoms. The van der Waals surface area contributed by atoms with Gasteiger partial charge in [0.25, 0.3) is 0 Å². The molecule has 3 rings (SSSR count). The monoisotopic (exact) mass is 385 g/mol. The Hall–Kier alpha value is -2.74. The molecular weight excluding hydrogens is 358 g/mol. The predicted molar refractivity (Wildman–Crippen MR) is 103 cm³/mol. The fourth-order valence-electron chi connectivity index (χ4n) is 3.42. The van der Waals surface area contributed by atoms with Gasteiger partial charge < -0.3 is 15.1 Å². The van der Waals surface area contributed by atoms with E-state index in [9.17, 15) is 9.59 Å². The first-order valence-corrected chi connectivity index (χ1v) is 9.55. The van der Waals surface area contributed by atoms with E-state index in [0.717, 1.165) is 22.9 Å². The lowest BCUT2D eigenvalue weighted by atomic mass is 10.1. The number of carbonyl (C=O) groups is 2. The molecule has 1 unspecified atom stereocenters. The number of nitrogens with zero attached hydrogens (tertiary/aromatic N) is 3. The van der Waals surface area contributed by atoms with Crippen molar-refractivity contribution in [2.45, 2.75) is 46.2 Å². The molecular formula is C20H27N5O3. The first-order chi connectivity index (χ1) is 13.4. The summed E-state index contributed by atoms with van der Waals surface area (Å²) in [5.74, 6) is 2.06. The Morgan fingerprint density at radius 2 is 2.04 bits per heavy atom. The van der Waals surface area contributed by atoms with Gasteiger partial charge in [0.15, 0.2) is 0 Å². The van der Waals surface area contributed by atoms with Gasteiger partial charge in [0, 0.05) is 37.4 Å². The van der Waals surface area contributed by atoms with E-state index in [-0.39, 0.29) is 18.2 Å². The quantitative estimate of drug-likeness (QED) is 0.739. The maximum absolute atomic E-state index is 12.4. The van der Waals surface area contributed by atoms with Crippen LogP contribution in [-0.4, -0.2) is 52.4 Å². The topological polar surface area (TPSA) is 100 Å². The fourth-order valence-corrected chi connectivity index (χ4v) is 3.42. The van der Waals surface area contributed by atoms with Crippen molar-refractivity contribution < 1.29 is 14.0 Å². The van der Waals surface area contributed by atoms with Crippen LogP contribution in [0.1, 0.15) is 35.2 Å². The molecule has 0 saturated carbocycles. The van der Waals surface area contributed by atoms with Crippen LogP contribution in [0.25, 0.3) is 0 Å². The van der Waals surface area contributed by atoms with Gasteiger partial charge in [0.2, 0.25) is 11.8 Å². The van der Waals surface area contributed by atoms with Crippen LogP contribution in [0, 0.1) is 20.8 Å². The minimum Gasteiger partial charge on any atom is -0.465 e. The molecule has 0 spiro atoms. The molecule has 2 aromatic heterocycles. The van der Waals surface area contributed by atoms with Gasteiger partial charge in [-0.15, -0.1) is 0 Å². The van der Waals surface area contributed by atoms with Gasteiger partial charge in [-0.05, 0) is 39.0 Å². The summed E-state index contributed by atoms with van der Waals surface area (Å²) in [7, 11) is 0. The highest BCUT2D eigenvalue weighted by molar-refractivity contribution is 5.88. The Labute approximate surface area is 164 Å². The molecule has 1 atom stereocenters. The lowest BCUT2D eigenvalue weighted by Crippen LogP contribution is -2.56. The van der Waals surface area contributed by atoms with Crippen molar-refractivity contribution in [3.8, 4) is 0 Å². The number of furan rings is 1. The van der Waals surface area contributed by atoms with Crippen molar-refractivity contribution in [2.75, 3.05) is 19.6 Å². The summed E-state index contributed by atoms with van der Waals surface area (Å²) in [6.45, 7) is 7.93. The first kappa shape index (κ1) is 20.0. The highest BCUT2D eigenvalue weighted by Gasteiger charge is 2.32. The SMILES string of the molecule is Cc1cc(C)nc(CCNC(=O)CC2C(=O)NCCN2Cc2ccc(C)o2)n1. The van der Waals surface area contributed by atoms with E-state index in [1.165, 1.54) is 0 Å². The number of rotatable bonds is 7. The third kappa shape index (κ3) is 5.39. The molecule has 8 heteroatoms. The molecule has 8 nitrogen and oxygen atoms in total. The van der Waals surface area contributed by atoms with E-state index in [0.29, 0.717) is 38.4 Å². The van der Waals surface area contributed by atoms with Gasteiger partial charge in [-0.3, -0.25) is 14.5 Å². The van der Waals surface area contributed by atoms with Crippen molar-refractivity contribution >= 4 is 11.8 Å². The molecule has 1 aliphatic rings. The average Bonchev–Trinajstić information content (AvgIpc) is 3.02. The highest BCUT2D eigenvalue weighted by Crippen LogP contribution is 2.15. The lowest BCUT2D eigenvalue weighted by molar-refractivity contribution is -0.134. The standard InChI is InChI=1S/C20H27N5O3/c1-13-10-14(2)24-18(23-13)6-7-21-19(26)11-17-20(27)22-8-9-25(17)12-16-5-4-15(3)28-16/h4-5,10,17H,6-9,11-12H2,1-3H3,(H,21,26)(H,22,27). The zero-order chi connectivity index (χ0) is 20.1. The van der Waals surface area contributed by atoms with Gasteiger partial charge in [0.05, 0.1) is 19.0 Å². The molecule has 0 aromatic carbocycles. The number of hydrogen-bond acceptors (Lipinski definition) is 6. The number of nitrogens with one attached hydrogen (secondary N) is 2. The van der Waals surface area contributed by atoms with Crippen LogP contribution in [0.15, 0.2) is 22.6 Å². The zero-order valence-electron chi connectivity index (χ0n) is 16.6. The number of aromatic nitrogens is 2. The number of amides is 2. The highest BCUT2D eigenvalue weighted by atomic mass is 16.3. The molecule has 1 fully saturated rings. The lowest BCUT2D eigenvalue weighted by Gasteiger charge is -2.34. The molecule has 0 radical (unpaired) electrons. The molecule has 2 amide bonds. The summed E-state index contributed by atoms with van der Waals surface area (Å²) in [6, 6.07) is 5.22. The first-order valence-electron chi connectivity index (χ1n) is 9.55. The molecule has 3 heterocycles. The molecule has 1 saturated heterocycles. The minimum atomic E-state index is -0.503. The Bertz CT molecular complexity index is 828. The largest absolute Gasteiger partial charge is 0.465 e. The molecule has 2 aromatic rings. The van der Waals surface area contributed by atoms with Gasteiger partial charge in [0.1, 0.15) is 17.3 Å². The summed E-state index contributed by atoms with van der Waals surface area (Å²) in [5, 5.41) is 5.72. The summed E-state index contributed by atoms with van der Waals surface area (Å²) in [5.41, 5.74) is 1.83. The third-order valence-corrected chi connectivity index (χ3v) is 4.67. The van der Waals surface area contributed by atoms with Crippen molar-refractivity contribution in [3.05, 3.63) is 46.9 Å². The van der Waals surface area contributed by atoms with Crippen LogP contribution in [-0.2, 0) is 22.6 Å². The molecule has 2 N–H and O–H groups in total. The second kappa shape index (κ2) is 8.97. The van der Waals surface area contributed by atoms with Crippen molar-refractivity contribution in [1.82, 2.24) is 25.5 Å². The van der Waals surface area contributed by atoms with Crippen LogP contribution in [0.4, 0.5) is 0 Å². The maximum Gasteiger partial charge on any atom is 0.237 e. The second-order valence-electron chi connectivity index (χ2n) is 7.16. The van der Waals surface area contributed by atoms with Crippen molar-refractivity contribution in [1.29, 1.82) is 0 Å². The molecule has 1 aliphatic heterocycles. The van der Waals surface area contributed by atoms with Crippen LogP contribution in [0.5, 0.6) is 0 Å². The molecule has 150 valence electrons. The van der Waals surface area contributed by atoms with Gasteiger partial charge in [-0.2, -0.15) is 0 Å². The number of piperazine rings is 1. The van der Waals surface area contributed by atoms with Gasteiger partial charge in [-0.25, -0.2) is 9.97 Å². The van der Waals surface area contributed by atoms with Gasteiger partial charge >= 0.3 is 0 Å². The summed E-state index contributed by atoms with van der Waals surface area (Å²) in [4.78, 5) is 35.5. The zero-order valence-corrected chi connectivity index (χ0v) is 16.6. The van der Waals surface area contributed by atoms with E-state index < -0.39 is 6.04 Å². The normalized spacial score (nSPS) is 17.4. The van der Waals surface area contributed by atoms with Crippen molar-refractivity contribution in [2.24, 2.45) is 0 Å². The summed E-state index contributed by atoms with van der Waals surface area (Å²) < 4.78 is 5.62. The van der Waals surface area contributed by atoms with E-state index >= 15 is 0 Å². The van der Waals surface area contributed by atoms with Gasteiger partial charge in [-0.1, -0.05) is 0 Å². The van der Waals surface area contributed by atoms with E-state index in [1.54, 1.807) is 0 Å². The van der Waals surface area contributed by atoms with Crippen LogP contribution < -0.4 is 10.6 Å². The smallest absolute Gasteiger partial charge is 0.237 e. The number of carbonyl (C=O) groups excluding carboxylic acids is 2. The Morgan fingerprint density at radius 1 is 1.29 bits per heavy atom. The van der Waals surface area contributed by atoms with E-state index in [4.69, 9.17) is 4.42 Å². The summed E-state index contributed by atoms with van der Waals surface area (Å²) in [6.07, 6.45) is 0.666. The van der Waals surface area contributed by atoms with Crippen LogP contribution in [0.3, 0.4) is 0 Å². The molecule has 0 bridgehead atoms. The average molecular weight is 385 g/mol. The van der Waals surface area contributed by atoms with Crippen LogP contribution in [0.2, 0.25) is 0 Å². The minimum absolute atomic E-state index is 0.110. The Balaban J connectivity index is 1.53. The fraction of sp³-hybridized carbons (Fsp3) is 0.500. The number of aryl methyl sites for hydroxylation is 3. The second-order valence-corrected chi connectivity index (χ2v) is 7.16. The molecule has 0 aliphatic carbocycles. The van der Waals surface area contributed by atoms with Crippen molar-refractivity contribution in [3.63, 3.8) is 0 Å². The summed E-state index contributed by atoms with van der Waals surface area (Å²) >= 11 is 0. The van der Waals surface area contributed by atoms with E-state index in [1.807, 2.05) is 43.9 Å². The van der Waals surface area contributed by atoms with E-state index in [2.05, 4.69) is 20.6 Å². The number of hydrogen-bond donors (Lipinski definition) is 2. The maximum atomic E-state index is 12.4.